The van der Waals surface area contributed by atoms with E-state index in [0.717, 1.165) is 0 Å². The Hall–Kier alpha value is -2.20. The van der Waals surface area contributed by atoms with Crippen LogP contribution in [0, 0.1) is 0 Å². The Morgan fingerprint density at radius 3 is 1.96 bits per heavy atom. The molecule has 0 aliphatic carbocycles. The van der Waals surface area contributed by atoms with Crippen molar-refractivity contribution >= 4 is 19.6 Å². The minimum atomic E-state index is -3.71. The van der Waals surface area contributed by atoms with E-state index in [0.29, 0.717) is 11.1 Å². The molecular weight excluding hydrogens is 315 g/mol. The first kappa shape index (κ1) is 17.2. The first-order chi connectivity index (χ1) is 11.1. The van der Waals surface area contributed by atoms with Crippen molar-refractivity contribution in [3.05, 3.63) is 77.3 Å². The van der Waals surface area contributed by atoms with Gasteiger partial charge in [-0.25, -0.2) is 4.79 Å². The molecule has 0 fully saturated rings. The molecule has 0 aliphatic rings. The number of carbonyl (C=O) groups is 1. The number of hydrogen-bond donors (Lipinski definition) is 0. The van der Waals surface area contributed by atoms with E-state index < -0.39 is 13.6 Å². The summed E-state index contributed by atoms with van der Waals surface area (Å²) in [4.78, 5) is 12.2. The largest absolute Gasteiger partial charge is 0.414 e. The van der Waals surface area contributed by atoms with Gasteiger partial charge in [-0.3, -0.25) is 4.57 Å². The summed E-state index contributed by atoms with van der Waals surface area (Å²) in [7, 11) is -1.24. The predicted octanol–water partition coefficient (Wildman–Crippen LogP) is 4.33. The maximum absolute atomic E-state index is 12.6. The van der Waals surface area contributed by atoms with E-state index in [2.05, 4.69) is 0 Å². The van der Waals surface area contributed by atoms with Crippen LogP contribution in [0.15, 0.2) is 66.2 Å². The Morgan fingerprint density at radius 1 is 0.913 bits per heavy atom. The van der Waals surface area contributed by atoms with Gasteiger partial charge in [0.1, 0.15) is 0 Å². The lowest BCUT2D eigenvalue weighted by Gasteiger charge is -2.17. The molecule has 0 aromatic heterocycles. The van der Waals surface area contributed by atoms with Crippen LogP contribution in [0.4, 0.5) is 0 Å². The SMILES string of the molecule is COP(=O)(OC)/C(=C\c1ccccc1)OC(=O)c1ccccc1. The van der Waals surface area contributed by atoms with Gasteiger partial charge in [0.05, 0.1) is 5.56 Å². The third kappa shape index (κ3) is 4.39. The monoisotopic (exact) mass is 332 g/mol. The molecule has 2 aromatic rings. The van der Waals surface area contributed by atoms with Gasteiger partial charge in [-0.15, -0.1) is 0 Å². The summed E-state index contributed by atoms with van der Waals surface area (Å²) < 4.78 is 27.8. The van der Waals surface area contributed by atoms with Gasteiger partial charge in [-0.1, -0.05) is 48.5 Å². The smallest absolute Gasteiger partial charge is 0.395 e. The third-order valence-electron chi connectivity index (χ3n) is 3.05. The zero-order valence-electron chi connectivity index (χ0n) is 12.8. The van der Waals surface area contributed by atoms with Crippen molar-refractivity contribution in [3.8, 4) is 0 Å². The van der Waals surface area contributed by atoms with Gasteiger partial charge >= 0.3 is 13.6 Å². The van der Waals surface area contributed by atoms with Crippen LogP contribution >= 0.6 is 7.60 Å². The van der Waals surface area contributed by atoms with Gasteiger partial charge in [0.15, 0.2) is 0 Å². The zero-order chi connectivity index (χ0) is 16.7. The van der Waals surface area contributed by atoms with Crippen LogP contribution in [-0.2, 0) is 18.3 Å². The number of carbonyl (C=O) groups excluding carboxylic acids is 1. The topological polar surface area (TPSA) is 61.8 Å². The second-order valence-electron chi connectivity index (χ2n) is 4.51. The van der Waals surface area contributed by atoms with E-state index in [1.165, 1.54) is 20.3 Å². The van der Waals surface area contributed by atoms with Crippen molar-refractivity contribution in [2.45, 2.75) is 0 Å². The molecule has 0 atom stereocenters. The molecule has 2 aromatic carbocycles. The van der Waals surface area contributed by atoms with Crippen LogP contribution < -0.4 is 0 Å². The molecule has 0 heterocycles. The lowest BCUT2D eigenvalue weighted by molar-refractivity contribution is 0.0635. The minimum Gasteiger partial charge on any atom is -0.414 e. The first-order valence-electron chi connectivity index (χ1n) is 6.85. The van der Waals surface area contributed by atoms with Crippen molar-refractivity contribution < 1.29 is 23.1 Å². The summed E-state index contributed by atoms with van der Waals surface area (Å²) in [5.41, 5.74) is 0.880. The quantitative estimate of drug-likeness (QED) is 0.448. The number of rotatable bonds is 6. The van der Waals surface area contributed by atoms with Gasteiger partial charge in [0, 0.05) is 14.2 Å². The Labute approximate surface area is 135 Å². The molecule has 0 spiro atoms. The van der Waals surface area contributed by atoms with Crippen molar-refractivity contribution in [2.75, 3.05) is 14.2 Å². The fraction of sp³-hybridized carbons (Fsp3) is 0.118. The molecular formula is C17H17O5P. The highest BCUT2D eigenvalue weighted by Gasteiger charge is 2.32. The third-order valence-corrected chi connectivity index (χ3v) is 4.77. The van der Waals surface area contributed by atoms with Crippen LogP contribution in [0.2, 0.25) is 0 Å². The lowest BCUT2D eigenvalue weighted by Crippen LogP contribution is -2.07. The van der Waals surface area contributed by atoms with Crippen molar-refractivity contribution in [2.24, 2.45) is 0 Å². The van der Waals surface area contributed by atoms with Crippen LogP contribution in [0.1, 0.15) is 15.9 Å². The number of ether oxygens (including phenoxy) is 1. The second kappa shape index (κ2) is 7.88. The van der Waals surface area contributed by atoms with Crippen molar-refractivity contribution in [1.82, 2.24) is 0 Å². The molecule has 0 amide bonds. The van der Waals surface area contributed by atoms with Crippen molar-refractivity contribution in [1.29, 1.82) is 0 Å². The number of esters is 1. The van der Waals surface area contributed by atoms with Crippen LogP contribution in [0.25, 0.3) is 6.08 Å². The number of hydrogen-bond acceptors (Lipinski definition) is 5. The van der Waals surface area contributed by atoms with E-state index >= 15 is 0 Å². The van der Waals surface area contributed by atoms with Gasteiger partial charge in [-0.05, 0) is 23.8 Å². The summed E-state index contributed by atoms with van der Waals surface area (Å²) in [5.74, 6) is -0.637. The molecule has 5 nitrogen and oxygen atoms in total. The molecule has 0 bridgehead atoms. The zero-order valence-corrected chi connectivity index (χ0v) is 13.7. The fourth-order valence-electron chi connectivity index (χ4n) is 1.84. The summed E-state index contributed by atoms with van der Waals surface area (Å²) in [6, 6.07) is 17.5. The summed E-state index contributed by atoms with van der Waals surface area (Å²) in [6.45, 7) is 0. The normalized spacial score (nSPS) is 12.0. The van der Waals surface area contributed by atoms with Crippen LogP contribution in [0.3, 0.4) is 0 Å². The Bertz CT molecular complexity index is 717. The molecule has 0 saturated heterocycles. The van der Waals surface area contributed by atoms with E-state index in [1.54, 1.807) is 42.5 Å². The highest BCUT2D eigenvalue weighted by atomic mass is 31.2. The Kier molecular flexibility index (Phi) is 5.88. The summed E-state index contributed by atoms with van der Waals surface area (Å²) >= 11 is 0. The summed E-state index contributed by atoms with van der Waals surface area (Å²) in [6.07, 6.45) is 1.47. The highest BCUT2D eigenvalue weighted by Crippen LogP contribution is 2.55. The van der Waals surface area contributed by atoms with E-state index in [-0.39, 0.29) is 5.50 Å². The molecule has 0 N–H and O–H groups in total. The standard InChI is InChI=1S/C17H17O5P/c1-20-23(19,21-2)16(13-14-9-5-3-6-10-14)22-17(18)15-11-7-4-8-12-15/h3-13H,1-2H3/b16-13-. The van der Waals surface area contributed by atoms with Gasteiger partial charge in [-0.2, -0.15) is 0 Å². The Morgan fingerprint density at radius 2 is 1.43 bits per heavy atom. The van der Waals surface area contributed by atoms with Gasteiger partial charge < -0.3 is 13.8 Å². The maximum atomic E-state index is 12.6. The van der Waals surface area contributed by atoms with E-state index in [4.69, 9.17) is 13.8 Å². The highest BCUT2D eigenvalue weighted by molar-refractivity contribution is 7.58. The molecule has 2 rings (SSSR count). The molecule has 0 radical (unpaired) electrons. The fourth-order valence-corrected chi connectivity index (χ4v) is 2.85. The second-order valence-corrected chi connectivity index (χ2v) is 6.68. The first-order valence-corrected chi connectivity index (χ1v) is 8.39. The average molecular weight is 332 g/mol. The maximum Gasteiger partial charge on any atom is 0.395 e. The molecule has 6 heteroatoms. The van der Waals surface area contributed by atoms with Crippen LogP contribution in [0.5, 0.6) is 0 Å². The predicted molar refractivity (Wildman–Crippen MR) is 87.9 cm³/mol. The lowest BCUT2D eigenvalue weighted by atomic mass is 10.2. The van der Waals surface area contributed by atoms with Crippen LogP contribution in [-0.4, -0.2) is 20.2 Å². The summed E-state index contributed by atoms with van der Waals surface area (Å²) in [5, 5.41) is 0. The van der Waals surface area contributed by atoms with Gasteiger partial charge in [0.25, 0.3) is 0 Å². The van der Waals surface area contributed by atoms with E-state index in [9.17, 15) is 9.36 Å². The number of benzene rings is 2. The molecule has 0 aliphatic heterocycles. The average Bonchev–Trinajstić information content (AvgIpc) is 2.62. The molecule has 0 unspecified atom stereocenters. The Balaban J connectivity index is 2.37. The molecule has 120 valence electrons. The van der Waals surface area contributed by atoms with Crippen molar-refractivity contribution in [3.63, 3.8) is 0 Å². The molecule has 23 heavy (non-hydrogen) atoms. The van der Waals surface area contributed by atoms with Gasteiger partial charge in [0.2, 0.25) is 5.50 Å². The molecule has 0 saturated carbocycles. The van der Waals surface area contributed by atoms with E-state index in [1.807, 2.05) is 18.2 Å². The minimum absolute atomic E-state index is 0.164.